The molecule has 0 saturated carbocycles. The van der Waals surface area contributed by atoms with Crippen LogP contribution in [0.5, 0.6) is 5.75 Å². The van der Waals surface area contributed by atoms with Crippen molar-refractivity contribution in [2.24, 2.45) is 0 Å². The van der Waals surface area contributed by atoms with Crippen LogP contribution in [0.1, 0.15) is 29.5 Å². The SMILES string of the molecule is Cc1ccc(CC(=O)Nc2ccc(OC3CCN(C)CC3)cc2)c(C)c1. The largest absolute Gasteiger partial charge is 0.490 e. The summed E-state index contributed by atoms with van der Waals surface area (Å²) in [7, 11) is 2.14. The van der Waals surface area contributed by atoms with E-state index < -0.39 is 0 Å². The van der Waals surface area contributed by atoms with Gasteiger partial charge in [-0.3, -0.25) is 4.79 Å². The monoisotopic (exact) mass is 352 g/mol. The van der Waals surface area contributed by atoms with E-state index in [0.717, 1.165) is 48.5 Å². The number of benzene rings is 2. The number of nitrogens with one attached hydrogen (secondary N) is 1. The van der Waals surface area contributed by atoms with E-state index in [1.165, 1.54) is 5.56 Å². The Morgan fingerprint density at radius 3 is 2.46 bits per heavy atom. The number of piperidine rings is 1. The van der Waals surface area contributed by atoms with Crippen molar-refractivity contribution in [2.75, 3.05) is 25.5 Å². The molecule has 0 aromatic heterocycles. The number of amides is 1. The summed E-state index contributed by atoms with van der Waals surface area (Å²) in [5.41, 5.74) is 4.24. The Labute approximate surface area is 156 Å². The van der Waals surface area contributed by atoms with Gasteiger partial charge >= 0.3 is 0 Å². The lowest BCUT2D eigenvalue weighted by Crippen LogP contribution is -2.35. The first-order chi connectivity index (χ1) is 12.5. The third-order valence-corrected chi connectivity index (χ3v) is 4.96. The Kier molecular flexibility index (Phi) is 5.94. The number of likely N-dealkylation sites (tertiary alicyclic amines) is 1. The molecule has 3 rings (SSSR count). The lowest BCUT2D eigenvalue weighted by Gasteiger charge is -2.29. The van der Waals surface area contributed by atoms with Gasteiger partial charge in [0.05, 0.1) is 6.42 Å². The Morgan fingerprint density at radius 2 is 1.81 bits per heavy atom. The van der Waals surface area contributed by atoms with Gasteiger partial charge in [0.15, 0.2) is 0 Å². The minimum atomic E-state index is 0.000870. The first kappa shape index (κ1) is 18.5. The fraction of sp³-hybridized carbons (Fsp3) is 0.409. The normalized spacial score (nSPS) is 15.7. The molecule has 0 aliphatic carbocycles. The second-order valence-corrected chi connectivity index (χ2v) is 7.30. The molecule has 0 bridgehead atoms. The standard InChI is InChI=1S/C22H28N2O2/c1-16-4-5-18(17(2)14-16)15-22(25)23-19-6-8-20(9-7-19)26-21-10-12-24(3)13-11-21/h4-9,14,21H,10-13,15H2,1-3H3,(H,23,25). The third-order valence-electron chi connectivity index (χ3n) is 4.96. The average Bonchev–Trinajstić information content (AvgIpc) is 2.61. The highest BCUT2D eigenvalue weighted by Gasteiger charge is 2.17. The van der Waals surface area contributed by atoms with Gasteiger partial charge in [0.25, 0.3) is 0 Å². The molecule has 1 fully saturated rings. The van der Waals surface area contributed by atoms with Crippen LogP contribution in [-0.4, -0.2) is 37.0 Å². The highest BCUT2D eigenvalue weighted by molar-refractivity contribution is 5.92. The van der Waals surface area contributed by atoms with E-state index in [4.69, 9.17) is 4.74 Å². The number of aryl methyl sites for hydroxylation is 2. The predicted molar refractivity (Wildman–Crippen MR) is 106 cm³/mol. The van der Waals surface area contributed by atoms with E-state index in [2.05, 4.69) is 30.3 Å². The molecular weight excluding hydrogens is 324 g/mol. The molecule has 1 heterocycles. The Hall–Kier alpha value is -2.33. The molecule has 1 aliphatic heterocycles. The fourth-order valence-corrected chi connectivity index (χ4v) is 3.33. The van der Waals surface area contributed by atoms with Crippen LogP contribution < -0.4 is 10.1 Å². The zero-order chi connectivity index (χ0) is 18.5. The smallest absolute Gasteiger partial charge is 0.228 e. The van der Waals surface area contributed by atoms with Crippen molar-refractivity contribution in [3.63, 3.8) is 0 Å². The molecule has 0 radical (unpaired) electrons. The van der Waals surface area contributed by atoms with Gasteiger partial charge in [0.2, 0.25) is 5.91 Å². The predicted octanol–water partition coefficient (Wildman–Crippen LogP) is 3.96. The summed E-state index contributed by atoms with van der Waals surface area (Å²) in [6.45, 7) is 6.27. The summed E-state index contributed by atoms with van der Waals surface area (Å²) in [6.07, 6.45) is 2.80. The van der Waals surface area contributed by atoms with Crippen LogP contribution in [0, 0.1) is 13.8 Å². The number of anilines is 1. The zero-order valence-electron chi connectivity index (χ0n) is 15.9. The van der Waals surface area contributed by atoms with Gasteiger partial charge in [-0.2, -0.15) is 0 Å². The molecule has 1 amide bonds. The first-order valence-electron chi connectivity index (χ1n) is 9.31. The van der Waals surface area contributed by atoms with E-state index in [1.54, 1.807) is 0 Å². The number of nitrogens with zero attached hydrogens (tertiary/aromatic N) is 1. The topological polar surface area (TPSA) is 41.6 Å². The van der Waals surface area contributed by atoms with Gasteiger partial charge in [0.1, 0.15) is 11.9 Å². The van der Waals surface area contributed by atoms with Crippen LogP contribution in [0.3, 0.4) is 0 Å². The number of carbonyl (C=O) groups excluding carboxylic acids is 1. The molecule has 138 valence electrons. The summed E-state index contributed by atoms with van der Waals surface area (Å²) in [4.78, 5) is 14.6. The van der Waals surface area contributed by atoms with Gasteiger partial charge in [0, 0.05) is 18.8 Å². The fourth-order valence-electron chi connectivity index (χ4n) is 3.33. The van der Waals surface area contributed by atoms with E-state index in [1.807, 2.05) is 43.3 Å². The molecule has 4 nitrogen and oxygen atoms in total. The van der Waals surface area contributed by atoms with Crippen molar-refractivity contribution >= 4 is 11.6 Å². The second kappa shape index (κ2) is 8.37. The molecule has 26 heavy (non-hydrogen) atoms. The van der Waals surface area contributed by atoms with Gasteiger partial charge in [-0.15, -0.1) is 0 Å². The van der Waals surface area contributed by atoms with Crippen LogP contribution >= 0.6 is 0 Å². The summed E-state index contributed by atoms with van der Waals surface area (Å²) in [5.74, 6) is 0.868. The molecule has 1 N–H and O–H groups in total. The zero-order valence-corrected chi connectivity index (χ0v) is 15.9. The van der Waals surface area contributed by atoms with Crippen molar-refractivity contribution in [1.82, 2.24) is 4.90 Å². The van der Waals surface area contributed by atoms with Gasteiger partial charge in [-0.1, -0.05) is 23.8 Å². The molecule has 0 atom stereocenters. The Balaban J connectivity index is 1.52. The third kappa shape index (κ3) is 5.09. The van der Waals surface area contributed by atoms with Crippen molar-refractivity contribution in [2.45, 2.75) is 39.2 Å². The molecule has 2 aromatic carbocycles. The van der Waals surface area contributed by atoms with Crippen molar-refractivity contribution in [3.05, 3.63) is 59.2 Å². The number of hydrogen-bond acceptors (Lipinski definition) is 3. The van der Waals surface area contributed by atoms with Crippen LogP contribution in [0.25, 0.3) is 0 Å². The summed E-state index contributed by atoms with van der Waals surface area (Å²) in [5, 5.41) is 2.97. The van der Waals surface area contributed by atoms with Crippen molar-refractivity contribution in [3.8, 4) is 5.75 Å². The highest BCUT2D eigenvalue weighted by atomic mass is 16.5. The number of ether oxygens (including phenoxy) is 1. The summed E-state index contributed by atoms with van der Waals surface area (Å²) >= 11 is 0. The van der Waals surface area contributed by atoms with Crippen LogP contribution in [-0.2, 0) is 11.2 Å². The number of hydrogen-bond donors (Lipinski definition) is 1. The van der Waals surface area contributed by atoms with E-state index in [9.17, 15) is 4.79 Å². The van der Waals surface area contributed by atoms with E-state index in [-0.39, 0.29) is 12.0 Å². The number of rotatable bonds is 5. The van der Waals surface area contributed by atoms with E-state index in [0.29, 0.717) is 6.42 Å². The van der Waals surface area contributed by atoms with E-state index >= 15 is 0 Å². The molecule has 2 aromatic rings. The van der Waals surface area contributed by atoms with Gasteiger partial charge in [-0.25, -0.2) is 0 Å². The van der Waals surface area contributed by atoms with Crippen molar-refractivity contribution in [1.29, 1.82) is 0 Å². The highest BCUT2D eigenvalue weighted by Crippen LogP contribution is 2.21. The summed E-state index contributed by atoms with van der Waals surface area (Å²) < 4.78 is 6.05. The minimum Gasteiger partial charge on any atom is -0.490 e. The molecule has 0 spiro atoms. The minimum absolute atomic E-state index is 0.000870. The maximum Gasteiger partial charge on any atom is 0.228 e. The average molecular weight is 352 g/mol. The lowest BCUT2D eigenvalue weighted by atomic mass is 10.0. The van der Waals surface area contributed by atoms with Crippen LogP contribution in [0.15, 0.2) is 42.5 Å². The molecule has 4 heteroatoms. The lowest BCUT2D eigenvalue weighted by molar-refractivity contribution is -0.115. The molecule has 1 aliphatic rings. The maximum atomic E-state index is 12.3. The van der Waals surface area contributed by atoms with Crippen LogP contribution in [0.2, 0.25) is 0 Å². The quantitative estimate of drug-likeness (QED) is 0.886. The molecule has 1 saturated heterocycles. The van der Waals surface area contributed by atoms with Crippen molar-refractivity contribution < 1.29 is 9.53 Å². The Bertz CT molecular complexity index is 747. The number of carbonyl (C=O) groups is 1. The summed E-state index contributed by atoms with van der Waals surface area (Å²) in [6, 6.07) is 13.9. The molecule has 0 unspecified atom stereocenters. The first-order valence-corrected chi connectivity index (χ1v) is 9.31. The van der Waals surface area contributed by atoms with Gasteiger partial charge < -0.3 is 15.0 Å². The second-order valence-electron chi connectivity index (χ2n) is 7.30. The molecular formula is C22H28N2O2. The Morgan fingerprint density at radius 1 is 1.12 bits per heavy atom. The maximum absolute atomic E-state index is 12.3. The van der Waals surface area contributed by atoms with Gasteiger partial charge in [-0.05, 0) is 69.1 Å². The van der Waals surface area contributed by atoms with Crippen LogP contribution in [0.4, 0.5) is 5.69 Å².